The Kier molecular flexibility index (Phi) is 4.93. The zero-order valence-electron chi connectivity index (χ0n) is 10.6. The molecule has 0 radical (unpaired) electrons. The zero-order valence-corrected chi connectivity index (χ0v) is 10.6. The van der Waals surface area contributed by atoms with Gasteiger partial charge in [0.1, 0.15) is 12.2 Å². The van der Waals surface area contributed by atoms with Crippen LogP contribution in [0.25, 0.3) is 0 Å². The van der Waals surface area contributed by atoms with E-state index in [1.165, 1.54) is 6.92 Å². The molecule has 1 aliphatic rings. The standard InChI is InChI=1S/C10H18N2O7/c1-10(17)5(3-7(14)12(2)11-18)8(15)9(16)6(4-13)19-10/h5-6,8-9,13,15-17H,3-4H2,1-2H3/t5?,6?,8-,9+,10-/m0/s1. The highest BCUT2D eigenvalue weighted by Gasteiger charge is 2.51. The normalized spacial score (nSPS) is 38.8. The Bertz CT molecular complexity index is 349. The molecule has 1 rings (SSSR count). The molecule has 1 heterocycles. The van der Waals surface area contributed by atoms with Crippen molar-refractivity contribution in [2.24, 2.45) is 11.2 Å². The Morgan fingerprint density at radius 2 is 2.00 bits per heavy atom. The summed E-state index contributed by atoms with van der Waals surface area (Å²) in [6, 6.07) is 0. The van der Waals surface area contributed by atoms with E-state index in [0.29, 0.717) is 5.01 Å². The fourth-order valence-corrected chi connectivity index (χ4v) is 2.06. The van der Waals surface area contributed by atoms with Gasteiger partial charge in [-0.3, -0.25) is 4.79 Å². The molecule has 0 aromatic heterocycles. The van der Waals surface area contributed by atoms with Crippen molar-refractivity contribution < 1.29 is 30.0 Å². The van der Waals surface area contributed by atoms with E-state index in [-0.39, 0.29) is 0 Å². The van der Waals surface area contributed by atoms with Crippen LogP contribution in [0.1, 0.15) is 13.3 Å². The quantitative estimate of drug-likeness (QED) is 0.343. The van der Waals surface area contributed by atoms with Gasteiger partial charge in [-0.15, -0.1) is 4.91 Å². The van der Waals surface area contributed by atoms with Crippen molar-refractivity contribution in [1.82, 2.24) is 5.01 Å². The van der Waals surface area contributed by atoms with Crippen molar-refractivity contribution in [3.8, 4) is 0 Å². The van der Waals surface area contributed by atoms with Gasteiger partial charge < -0.3 is 25.2 Å². The Balaban J connectivity index is 2.86. The highest BCUT2D eigenvalue weighted by molar-refractivity contribution is 5.75. The number of carbonyl (C=O) groups is 1. The van der Waals surface area contributed by atoms with Crippen LogP contribution in [0.3, 0.4) is 0 Å². The Labute approximate surface area is 109 Å². The lowest BCUT2D eigenvalue weighted by molar-refractivity contribution is -0.327. The first kappa shape index (κ1) is 15.9. The summed E-state index contributed by atoms with van der Waals surface area (Å²) in [4.78, 5) is 21.8. The first-order valence-electron chi connectivity index (χ1n) is 5.71. The molecule has 5 atom stereocenters. The highest BCUT2D eigenvalue weighted by Crippen LogP contribution is 2.35. The van der Waals surface area contributed by atoms with E-state index < -0.39 is 49.0 Å². The van der Waals surface area contributed by atoms with Gasteiger partial charge in [-0.05, 0) is 6.92 Å². The molecule has 9 nitrogen and oxygen atoms in total. The predicted octanol–water partition coefficient (Wildman–Crippen LogP) is -2.05. The van der Waals surface area contributed by atoms with Crippen molar-refractivity contribution in [2.45, 2.75) is 37.4 Å². The van der Waals surface area contributed by atoms with Crippen molar-refractivity contribution >= 4 is 5.91 Å². The van der Waals surface area contributed by atoms with Gasteiger partial charge in [-0.1, -0.05) is 0 Å². The predicted molar refractivity (Wildman–Crippen MR) is 61.3 cm³/mol. The first-order chi connectivity index (χ1) is 8.74. The molecule has 19 heavy (non-hydrogen) atoms. The van der Waals surface area contributed by atoms with E-state index in [2.05, 4.69) is 5.29 Å². The second-order valence-corrected chi connectivity index (χ2v) is 4.68. The maximum atomic E-state index is 11.6. The maximum absolute atomic E-state index is 11.6. The van der Waals surface area contributed by atoms with Gasteiger partial charge in [0.15, 0.2) is 5.79 Å². The second kappa shape index (κ2) is 5.88. The second-order valence-electron chi connectivity index (χ2n) is 4.68. The number of hydrogen-bond donors (Lipinski definition) is 4. The molecule has 1 aliphatic heterocycles. The van der Waals surface area contributed by atoms with Crippen LogP contribution < -0.4 is 0 Å². The number of nitroso groups, excluding NO2 is 1. The topological polar surface area (TPSA) is 140 Å². The van der Waals surface area contributed by atoms with Crippen molar-refractivity contribution in [2.75, 3.05) is 13.7 Å². The van der Waals surface area contributed by atoms with Crippen LogP contribution in [0.5, 0.6) is 0 Å². The fraction of sp³-hybridized carbons (Fsp3) is 0.900. The summed E-state index contributed by atoms with van der Waals surface area (Å²) in [6.45, 7) is 0.613. The monoisotopic (exact) mass is 278 g/mol. The summed E-state index contributed by atoms with van der Waals surface area (Å²) in [7, 11) is 1.13. The van der Waals surface area contributed by atoms with E-state index in [1.807, 2.05) is 0 Å². The average molecular weight is 278 g/mol. The summed E-state index contributed by atoms with van der Waals surface area (Å²) in [5, 5.41) is 41.5. The molecule has 0 bridgehead atoms. The third kappa shape index (κ3) is 3.25. The maximum Gasteiger partial charge on any atom is 0.245 e. The van der Waals surface area contributed by atoms with Crippen LogP contribution in [0, 0.1) is 10.8 Å². The molecule has 9 heteroatoms. The third-order valence-corrected chi connectivity index (χ3v) is 3.28. The van der Waals surface area contributed by atoms with E-state index in [1.54, 1.807) is 0 Å². The Hall–Kier alpha value is -1.13. The average Bonchev–Trinajstić information content (AvgIpc) is 2.37. The van der Waals surface area contributed by atoms with Gasteiger partial charge in [0.25, 0.3) is 0 Å². The molecule has 0 aromatic carbocycles. The minimum Gasteiger partial charge on any atom is -0.394 e. The molecular weight excluding hydrogens is 260 g/mol. The lowest BCUT2D eigenvalue weighted by Crippen LogP contribution is -2.61. The molecule has 0 saturated carbocycles. The van der Waals surface area contributed by atoms with Crippen LogP contribution in [0.2, 0.25) is 0 Å². The van der Waals surface area contributed by atoms with Crippen LogP contribution in [-0.2, 0) is 9.53 Å². The molecule has 0 aliphatic carbocycles. The minimum atomic E-state index is -1.93. The first-order valence-corrected chi connectivity index (χ1v) is 5.71. The lowest BCUT2D eigenvalue weighted by atomic mass is 9.82. The largest absolute Gasteiger partial charge is 0.394 e. The van der Waals surface area contributed by atoms with Gasteiger partial charge in [0.05, 0.1) is 18.0 Å². The highest BCUT2D eigenvalue weighted by atomic mass is 16.6. The van der Waals surface area contributed by atoms with E-state index >= 15 is 0 Å². The molecule has 1 saturated heterocycles. The number of aliphatic hydroxyl groups excluding tert-OH is 3. The summed E-state index contributed by atoms with van der Waals surface area (Å²) >= 11 is 0. The van der Waals surface area contributed by atoms with Crippen LogP contribution in [-0.4, -0.2) is 69.1 Å². The van der Waals surface area contributed by atoms with E-state index in [4.69, 9.17) is 9.84 Å². The molecule has 0 spiro atoms. The number of rotatable bonds is 4. The summed E-state index contributed by atoms with van der Waals surface area (Å²) in [5.74, 6) is -3.81. The van der Waals surface area contributed by atoms with Crippen molar-refractivity contribution in [1.29, 1.82) is 0 Å². The van der Waals surface area contributed by atoms with Gasteiger partial charge in [-0.2, -0.15) is 5.01 Å². The fourth-order valence-electron chi connectivity index (χ4n) is 2.06. The van der Waals surface area contributed by atoms with Gasteiger partial charge in [-0.25, -0.2) is 0 Å². The summed E-state index contributed by atoms with van der Waals surface area (Å²) < 4.78 is 5.05. The molecular formula is C10H18N2O7. The SMILES string of the molecule is CN(N=O)C(=O)CC1[C@H](O)[C@H](O)C(CO)O[C@]1(C)O. The van der Waals surface area contributed by atoms with Crippen molar-refractivity contribution in [3.05, 3.63) is 4.91 Å². The molecule has 1 fully saturated rings. The summed E-state index contributed by atoms with van der Waals surface area (Å²) in [6.07, 6.45) is -4.52. The number of aliphatic hydroxyl groups is 4. The number of nitrogens with zero attached hydrogens (tertiary/aromatic N) is 2. The molecule has 4 N–H and O–H groups in total. The van der Waals surface area contributed by atoms with Crippen LogP contribution in [0.4, 0.5) is 0 Å². The molecule has 1 amide bonds. The molecule has 110 valence electrons. The van der Waals surface area contributed by atoms with Gasteiger partial charge in [0, 0.05) is 19.4 Å². The number of amides is 1. The minimum absolute atomic E-state index is 0.439. The van der Waals surface area contributed by atoms with Gasteiger partial charge in [0.2, 0.25) is 5.91 Å². The summed E-state index contributed by atoms with van der Waals surface area (Å²) in [5.41, 5.74) is 0. The Morgan fingerprint density at radius 1 is 1.42 bits per heavy atom. The van der Waals surface area contributed by atoms with E-state index in [0.717, 1.165) is 7.05 Å². The Morgan fingerprint density at radius 3 is 2.47 bits per heavy atom. The third-order valence-electron chi connectivity index (χ3n) is 3.28. The molecule has 0 aromatic rings. The number of ether oxygens (including phenoxy) is 1. The lowest BCUT2D eigenvalue weighted by Gasteiger charge is -2.46. The number of hydrogen-bond acceptors (Lipinski definition) is 8. The number of carbonyl (C=O) groups excluding carboxylic acids is 1. The zero-order chi connectivity index (χ0) is 14.8. The van der Waals surface area contributed by atoms with Gasteiger partial charge >= 0.3 is 0 Å². The van der Waals surface area contributed by atoms with Crippen LogP contribution >= 0.6 is 0 Å². The molecule has 2 unspecified atom stereocenters. The van der Waals surface area contributed by atoms with E-state index in [9.17, 15) is 25.0 Å². The smallest absolute Gasteiger partial charge is 0.245 e. The van der Waals surface area contributed by atoms with Crippen molar-refractivity contribution in [3.63, 3.8) is 0 Å². The van der Waals surface area contributed by atoms with Crippen LogP contribution in [0.15, 0.2) is 5.29 Å².